The lowest BCUT2D eigenvalue weighted by Gasteiger charge is -2.44. The van der Waals surface area contributed by atoms with E-state index in [2.05, 4.69) is 38.4 Å². The molecule has 0 fully saturated rings. The summed E-state index contributed by atoms with van der Waals surface area (Å²) in [4.78, 5) is 59.5. The van der Waals surface area contributed by atoms with Crippen LogP contribution >= 0.6 is 11.3 Å². The molecule has 0 spiro atoms. The summed E-state index contributed by atoms with van der Waals surface area (Å²) in [5, 5.41) is 46.3. The largest absolute Gasteiger partial charge is 0.478 e. The van der Waals surface area contributed by atoms with Crippen LogP contribution in [-0.2, 0) is 44.9 Å². The number of pyridine rings is 1. The Morgan fingerprint density at radius 1 is 0.399 bits per heavy atom. The van der Waals surface area contributed by atoms with Gasteiger partial charge in [0.15, 0.2) is 0 Å². The fourth-order valence-electron chi connectivity index (χ4n) is 20.8. The molecular weight excluding hydrogens is 1930 g/mol. The van der Waals surface area contributed by atoms with Crippen LogP contribution in [0.3, 0.4) is 0 Å². The van der Waals surface area contributed by atoms with E-state index in [1.807, 2.05) is 171 Å². The van der Waals surface area contributed by atoms with Crippen LogP contribution in [0.25, 0.3) is 101 Å². The number of alkyl halides is 4. The molecule has 8 atom stereocenters. The van der Waals surface area contributed by atoms with Gasteiger partial charge < -0.3 is 24.8 Å². The molecular formula is C118H110F12N8O9S. The predicted octanol–water partition coefficient (Wildman–Crippen LogP) is 27.7. The first-order valence-electron chi connectivity index (χ1n) is 48.4. The molecule has 766 valence electrons. The number of thiazole rings is 1. The van der Waals surface area contributed by atoms with Crippen molar-refractivity contribution in [1.82, 2.24) is 39.8 Å². The van der Waals surface area contributed by atoms with Crippen molar-refractivity contribution in [3.8, 4) is 33.4 Å². The molecule has 0 aliphatic carbocycles. The number of H-pyrrole nitrogens is 1. The van der Waals surface area contributed by atoms with Gasteiger partial charge in [-0.2, -0.15) is 5.10 Å². The van der Waals surface area contributed by atoms with E-state index in [1.165, 1.54) is 55.4 Å². The monoisotopic (exact) mass is 2040 g/mol. The number of nitrogens with one attached hydrogen (secondary N) is 1. The summed E-state index contributed by atoms with van der Waals surface area (Å²) in [6.45, 7) is 21.2. The highest BCUT2D eigenvalue weighted by atomic mass is 32.1. The number of aromatic amines is 1. The minimum Gasteiger partial charge on any atom is -0.478 e. The molecule has 0 bridgehead atoms. The molecule has 11 aromatic carbocycles. The third kappa shape index (κ3) is 24.3. The molecule has 30 heteroatoms. The maximum Gasteiger partial charge on any atom is 0.328 e. The fraction of sp³-hybridized carbons (Fsp3) is 0.280. The lowest BCUT2D eigenvalue weighted by Crippen LogP contribution is -2.48. The van der Waals surface area contributed by atoms with Crippen molar-refractivity contribution in [2.75, 3.05) is 26.2 Å². The first kappa shape index (κ1) is 106. The fourth-order valence-corrected chi connectivity index (χ4v) is 21.6. The van der Waals surface area contributed by atoms with Crippen LogP contribution in [0.2, 0.25) is 0 Å². The van der Waals surface area contributed by atoms with Crippen molar-refractivity contribution >= 4 is 103 Å². The normalized spacial score (nSPS) is 18.4. The number of benzene rings is 11. The van der Waals surface area contributed by atoms with Gasteiger partial charge in [-0.05, 0) is 326 Å². The number of halogens is 12. The number of para-hydroxylation sites is 1. The SMILES string of the molecule is CC1Cc2cc(-c3ccc4[nH]ncc4c3)ccc2C(c2c(F)cc(/C=C/C(=O)O)cc2F)N1CC(C)(C)F.C[C@@H]1Cc2c(oc3ccccc23)[C@@H](c2c(F)cc(/C=C/C(=O)O)cc2F)N1CC(C)(C)F.C[C@H]1Cc2cc(-c3ccc4ncccc4c3)ccc2[C@H](c2c(F)cc(/C=C/C(=O)O)cc2F)N1CC(C)(C)F.Cc1nc2ccc(-c3ccc4c(c3)CC(C)N(CC(C)(C)F)C4c3c(F)cc(/C=C/C(=O)O)cc3F)cc2s1. The number of nitrogens with zero attached hydrogens (tertiary/aromatic N) is 7. The smallest absolute Gasteiger partial charge is 0.328 e. The van der Waals surface area contributed by atoms with Crippen LogP contribution in [0.15, 0.2) is 235 Å². The number of rotatable bonds is 23. The Morgan fingerprint density at radius 3 is 1.11 bits per heavy atom. The van der Waals surface area contributed by atoms with E-state index in [0.29, 0.717) is 42.6 Å². The van der Waals surface area contributed by atoms with Gasteiger partial charge in [0.25, 0.3) is 0 Å². The summed E-state index contributed by atoms with van der Waals surface area (Å²) >= 11 is 1.63. The van der Waals surface area contributed by atoms with Gasteiger partial charge in [-0.3, -0.25) is 29.7 Å². The highest BCUT2D eigenvalue weighted by molar-refractivity contribution is 7.18. The van der Waals surface area contributed by atoms with Gasteiger partial charge in [0.2, 0.25) is 0 Å². The Hall–Kier alpha value is -14.4. The van der Waals surface area contributed by atoms with E-state index in [9.17, 15) is 36.7 Å². The van der Waals surface area contributed by atoms with Crippen molar-refractivity contribution < 1.29 is 96.7 Å². The molecule has 4 unspecified atom stereocenters. The Morgan fingerprint density at radius 2 is 0.730 bits per heavy atom. The quantitative estimate of drug-likeness (QED) is 0.0296. The third-order valence-corrected chi connectivity index (χ3v) is 27.8. The summed E-state index contributed by atoms with van der Waals surface area (Å²) in [6.07, 6.45) is 13.7. The Kier molecular flexibility index (Phi) is 31.0. The number of aryl methyl sites for hydroxylation is 1. The average molecular weight is 2040 g/mol. The number of fused-ring (bicyclic) bond motifs is 9. The highest BCUT2D eigenvalue weighted by Crippen LogP contribution is 2.50. The van der Waals surface area contributed by atoms with Gasteiger partial charge in [0.1, 0.15) is 86.6 Å². The van der Waals surface area contributed by atoms with Crippen molar-refractivity contribution in [1.29, 1.82) is 0 Å². The zero-order valence-electron chi connectivity index (χ0n) is 83.4. The first-order chi connectivity index (χ1) is 69.9. The van der Waals surface area contributed by atoms with Crippen molar-refractivity contribution in [2.45, 2.75) is 187 Å². The third-order valence-electron chi connectivity index (χ3n) is 26.9. The van der Waals surface area contributed by atoms with Crippen LogP contribution in [0.5, 0.6) is 0 Å². The molecule has 148 heavy (non-hydrogen) atoms. The molecule has 4 aliphatic heterocycles. The van der Waals surface area contributed by atoms with Gasteiger partial charge >= 0.3 is 23.9 Å². The zero-order chi connectivity index (χ0) is 106. The summed E-state index contributed by atoms with van der Waals surface area (Å²) in [7, 11) is 0. The molecule has 0 radical (unpaired) electrons. The number of carbonyl (C=O) groups is 4. The molecule has 19 rings (SSSR count). The number of furan rings is 1. The highest BCUT2D eigenvalue weighted by Gasteiger charge is 2.46. The molecule has 4 aromatic heterocycles. The lowest BCUT2D eigenvalue weighted by molar-refractivity contribution is -0.132. The van der Waals surface area contributed by atoms with Crippen LogP contribution < -0.4 is 0 Å². The van der Waals surface area contributed by atoms with E-state index in [4.69, 9.17) is 24.8 Å². The Balaban J connectivity index is 0.000000141. The number of carboxylic acid groups (broad SMARTS) is 4. The second-order valence-corrected chi connectivity index (χ2v) is 42.1. The van der Waals surface area contributed by atoms with Crippen molar-refractivity contribution in [2.24, 2.45) is 0 Å². The van der Waals surface area contributed by atoms with Gasteiger partial charge in [0, 0.05) is 125 Å². The molecule has 0 amide bonds. The Labute approximate surface area is 852 Å². The Bertz CT molecular complexity index is 7670. The molecule has 0 saturated heterocycles. The first-order valence-corrected chi connectivity index (χ1v) is 49.2. The molecule has 8 heterocycles. The summed E-state index contributed by atoms with van der Waals surface area (Å²) < 4.78 is 191. The molecule has 0 saturated carbocycles. The van der Waals surface area contributed by atoms with E-state index >= 15 is 35.1 Å². The van der Waals surface area contributed by atoms with E-state index < -0.39 is 117 Å². The minimum absolute atomic E-state index is 0.0129. The molecule has 17 nitrogen and oxygen atoms in total. The van der Waals surface area contributed by atoms with Gasteiger partial charge in [0.05, 0.1) is 50.6 Å². The zero-order valence-corrected chi connectivity index (χ0v) is 84.2. The van der Waals surface area contributed by atoms with Crippen LogP contribution in [0, 0.1) is 53.5 Å². The molecule has 4 aliphatic rings. The van der Waals surface area contributed by atoms with E-state index in [0.717, 1.165) is 206 Å². The van der Waals surface area contributed by atoms with Crippen LogP contribution in [0.4, 0.5) is 52.7 Å². The van der Waals surface area contributed by atoms with Crippen molar-refractivity contribution in [3.63, 3.8) is 0 Å². The van der Waals surface area contributed by atoms with Gasteiger partial charge in [-0.1, -0.05) is 97.1 Å². The number of hydrogen-bond donors (Lipinski definition) is 5. The number of hydrogen-bond acceptors (Lipinski definition) is 13. The lowest BCUT2D eigenvalue weighted by atomic mass is 9.82. The standard InChI is InChI=1S/C32H29F3N2O2.C31H29F3N2O2S.C30H28F3N3O2.C25H24F3NO3/c1-19-13-24-17-21(22-8-10-28-23(16-22)5-4-12-36-28)7-9-25(24)31(37(19)18-32(2,3)35)30-26(33)14-20(15-27(30)34)6-11-29(38)39;1-17-11-22-14-20(21-7-9-26-27(15-21)39-18(2)35-26)6-8-23(22)30(36(17)16-31(3,4)34)29-24(32)12-19(13-25(29)33)5-10-28(37)38;1-17-10-21-13-19(20-6-8-26-22(14-20)15-34-35-26)5-7-23(21)29(36(17)16-30(2,3)33)28-24(31)11-18(12-25(28)32)4-9-27(37)38;1-14-10-17-16-6-4-5-7-20(16)32-24(17)23(29(14)13-25(2,3)28)22-18(26)11-15(12-19(22)27)8-9-21(30)31/h4-12,14-17,19,31H,13,18H2,1-3H3,(H,38,39);5-10,12-15,17,30H,11,16H2,1-4H3,(H,37,38);4-9,11-15,17,29H,10,16H2,1-3H3,(H,34,35)(H,37,38);4-9,11-12,14,23H,10,13H2,1-3H3,(H,30,31)/b11-6+;10-5+;9-4+;9-8+/t19-,31+;;;14-,23-/m0..1/s1. The van der Waals surface area contributed by atoms with Gasteiger partial charge in [-0.25, -0.2) is 76.8 Å². The van der Waals surface area contributed by atoms with E-state index in [-0.39, 0.29) is 94.9 Å². The molecule has 5 N–H and O–H groups in total. The summed E-state index contributed by atoms with van der Waals surface area (Å²) in [6, 6.07) is 51.6. The van der Waals surface area contributed by atoms with Crippen LogP contribution in [-0.4, -0.2) is 157 Å². The van der Waals surface area contributed by atoms with Gasteiger partial charge in [-0.15, -0.1) is 11.3 Å². The van der Waals surface area contributed by atoms with Crippen molar-refractivity contribution in [3.05, 3.63) is 372 Å². The summed E-state index contributed by atoms with van der Waals surface area (Å²) in [5.74, 6) is -11.0. The second kappa shape index (κ2) is 43.2. The second-order valence-electron chi connectivity index (χ2n) is 40.8. The van der Waals surface area contributed by atoms with Crippen LogP contribution in [0.1, 0.15) is 201 Å². The number of aromatic nitrogens is 4. The minimum atomic E-state index is -1.60. The number of aliphatic carboxylic acids is 4. The topological polar surface area (TPSA) is 230 Å². The average Bonchev–Trinajstić information content (AvgIpc) is 1.56. The summed E-state index contributed by atoms with van der Waals surface area (Å²) in [5.41, 5.74) is 8.38. The predicted molar refractivity (Wildman–Crippen MR) is 554 cm³/mol. The molecule has 15 aromatic rings. The van der Waals surface area contributed by atoms with E-state index in [1.54, 1.807) is 34.7 Å². The maximum absolute atomic E-state index is 15.6. The number of carboxylic acids is 4. The maximum atomic E-state index is 15.6.